The molecule has 0 heterocycles. The maximum absolute atomic E-state index is 11.8. The average molecular weight is 299 g/mol. The number of carbonyl (C=O) groups is 2. The van der Waals surface area contributed by atoms with Crippen molar-refractivity contribution in [3.63, 3.8) is 0 Å². The van der Waals surface area contributed by atoms with Crippen molar-refractivity contribution >= 4 is 28.4 Å². The van der Waals surface area contributed by atoms with Crippen LogP contribution >= 0.6 is 0 Å². The van der Waals surface area contributed by atoms with Crippen LogP contribution in [-0.2, 0) is 20.4 Å². The standard InChI is InChI=1S/C13H17NO5S/c1-3-11(13(16)17)20(18)8-12(15)14-9-6-4-5-7-10(9)19-2/h4-7,11H,3,8H2,1-2H3,(H,14,15)(H,16,17). The van der Waals surface area contributed by atoms with Crippen LogP contribution in [0, 0.1) is 0 Å². The highest BCUT2D eigenvalue weighted by Gasteiger charge is 2.24. The molecule has 1 rings (SSSR count). The molecule has 0 fully saturated rings. The third kappa shape index (κ3) is 4.34. The van der Waals surface area contributed by atoms with E-state index in [-0.39, 0.29) is 12.2 Å². The van der Waals surface area contributed by atoms with E-state index < -0.39 is 27.9 Å². The molecule has 0 bridgehead atoms. The smallest absolute Gasteiger partial charge is 0.319 e. The Morgan fingerprint density at radius 2 is 2.05 bits per heavy atom. The first-order chi connectivity index (χ1) is 9.49. The van der Waals surface area contributed by atoms with E-state index in [2.05, 4.69) is 5.32 Å². The van der Waals surface area contributed by atoms with Gasteiger partial charge < -0.3 is 15.2 Å². The van der Waals surface area contributed by atoms with E-state index in [1.54, 1.807) is 31.2 Å². The minimum atomic E-state index is -1.75. The first-order valence-electron chi connectivity index (χ1n) is 6.02. The van der Waals surface area contributed by atoms with Crippen LogP contribution in [0.25, 0.3) is 0 Å². The highest BCUT2D eigenvalue weighted by atomic mass is 32.2. The van der Waals surface area contributed by atoms with E-state index >= 15 is 0 Å². The summed E-state index contributed by atoms with van der Waals surface area (Å²) in [5.41, 5.74) is 0.459. The first kappa shape index (κ1) is 16.2. The number of carboxylic acids is 1. The van der Waals surface area contributed by atoms with E-state index in [9.17, 15) is 13.8 Å². The molecular formula is C13H17NO5S. The Hall–Kier alpha value is -1.89. The van der Waals surface area contributed by atoms with Gasteiger partial charge in [-0.2, -0.15) is 0 Å². The van der Waals surface area contributed by atoms with Gasteiger partial charge in [0.15, 0.2) is 0 Å². The Kier molecular flexibility index (Phi) is 6.17. The van der Waals surface area contributed by atoms with Crippen molar-refractivity contribution in [1.29, 1.82) is 0 Å². The van der Waals surface area contributed by atoms with Crippen LogP contribution in [-0.4, -0.2) is 39.3 Å². The number of hydrogen-bond acceptors (Lipinski definition) is 4. The number of nitrogens with one attached hydrogen (secondary N) is 1. The molecule has 2 unspecified atom stereocenters. The minimum Gasteiger partial charge on any atom is -0.495 e. The maximum Gasteiger partial charge on any atom is 0.319 e. The summed E-state index contributed by atoms with van der Waals surface area (Å²) in [5, 5.41) is 10.4. The van der Waals surface area contributed by atoms with E-state index in [4.69, 9.17) is 9.84 Å². The number of carbonyl (C=O) groups excluding carboxylic acids is 1. The summed E-state index contributed by atoms with van der Waals surface area (Å²) in [4.78, 5) is 22.6. The average Bonchev–Trinajstić information content (AvgIpc) is 2.39. The number of rotatable bonds is 7. The molecule has 0 radical (unpaired) electrons. The van der Waals surface area contributed by atoms with Crippen LogP contribution in [0.15, 0.2) is 24.3 Å². The number of anilines is 1. The summed E-state index contributed by atoms with van der Waals surface area (Å²) in [6.45, 7) is 1.62. The summed E-state index contributed by atoms with van der Waals surface area (Å²) in [7, 11) is -0.280. The lowest BCUT2D eigenvalue weighted by atomic mass is 10.3. The van der Waals surface area contributed by atoms with E-state index in [1.807, 2.05) is 0 Å². The predicted octanol–water partition coefficient (Wildman–Crippen LogP) is 1.25. The summed E-state index contributed by atoms with van der Waals surface area (Å²) in [5.74, 6) is -1.54. The molecule has 0 saturated heterocycles. The zero-order valence-electron chi connectivity index (χ0n) is 11.3. The number of methoxy groups -OCH3 is 1. The molecule has 0 spiro atoms. The predicted molar refractivity (Wildman–Crippen MR) is 76.3 cm³/mol. The van der Waals surface area contributed by atoms with Crippen LogP contribution in [0.3, 0.4) is 0 Å². The number of hydrogen-bond donors (Lipinski definition) is 2. The quantitative estimate of drug-likeness (QED) is 0.790. The molecule has 1 amide bonds. The molecule has 110 valence electrons. The summed E-state index contributed by atoms with van der Waals surface area (Å²) in [6.07, 6.45) is 0.212. The topological polar surface area (TPSA) is 92.7 Å². The van der Waals surface area contributed by atoms with Gasteiger partial charge >= 0.3 is 5.97 Å². The highest BCUT2D eigenvalue weighted by Crippen LogP contribution is 2.22. The van der Waals surface area contributed by atoms with Crippen LogP contribution in [0.2, 0.25) is 0 Å². The van der Waals surface area contributed by atoms with Gasteiger partial charge in [-0.3, -0.25) is 13.8 Å². The molecule has 0 aromatic heterocycles. The van der Waals surface area contributed by atoms with E-state index in [0.29, 0.717) is 11.4 Å². The second-order valence-corrected chi connectivity index (χ2v) is 5.63. The van der Waals surface area contributed by atoms with Gasteiger partial charge in [0.05, 0.1) is 12.8 Å². The van der Waals surface area contributed by atoms with Crippen molar-refractivity contribution in [1.82, 2.24) is 0 Å². The third-order valence-electron chi connectivity index (χ3n) is 2.62. The van der Waals surface area contributed by atoms with Gasteiger partial charge in [-0.05, 0) is 18.6 Å². The summed E-state index contributed by atoms with van der Waals surface area (Å²) >= 11 is 0. The van der Waals surface area contributed by atoms with Crippen molar-refractivity contribution in [3.05, 3.63) is 24.3 Å². The van der Waals surface area contributed by atoms with Gasteiger partial charge in [0.1, 0.15) is 16.8 Å². The number of para-hydroxylation sites is 2. The van der Waals surface area contributed by atoms with Crippen LogP contribution in [0.5, 0.6) is 5.75 Å². The fraction of sp³-hybridized carbons (Fsp3) is 0.385. The van der Waals surface area contributed by atoms with Gasteiger partial charge in [-0.25, -0.2) is 0 Å². The molecule has 1 aromatic rings. The molecule has 0 aliphatic rings. The molecule has 7 heteroatoms. The Balaban J connectivity index is 2.68. The monoisotopic (exact) mass is 299 g/mol. The zero-order valence-corrected chi connectivity index (χ0v) is 12.1. The SMILES string of the molecule is CCC(C(=O)O)S(=O)CC(=O)Nc1ccccc1OC. The second-order valence-electron chi connectivity index (χ2n) is 4.01. The summed E-state index contributed by atoms with van der Waals surface area (Å²) < 4.78 is 16.9. The highest BCUT2D eigenvalue weighted by molar-refractivity contribution is 7.87. The molecular weight excluding hydrogens is 282 g/mol. The fourth-order valence-corrected chi connectivity index (χ4v) is 2.77. The Labute approximate surface area is 119 Å². The number of benzene rings is 1. The van der Waals surface area contributed by atoms with Crippen molar-refractivity contribution in [2.24, 2.45) is 0 Å². The van der Waals surface area contributed by atoms with Crippen molar-refractivity contribution < 1.29 is 23.6 Å². The molecule has 20 heavy (non-hydrogen) atoms. The molecule has 0 saturated carbocycles. The van der Waals surface area contributed by atoms with Gasteiger partial charge in [-0.15, -0.1) is 0 Å². The van der Waals surface area contributed by atoms with Crippen LogP contribution in [0.1, 0.15) is 13.3 Å². The molecule has 0 aliphatic heterocycles. The van der Waals surface area contributed by atoms with E-state index in [1.165, 1.54) is 7.11 Å². The summed E-state index contributed by atoms with van der Waals surface area (Å²) in [6, 6.07) is 6.80. The molecule has 0 aliphatic carbocycles. The van der Waals surface area contributed by atoms with Crippen molar-refractivity contribution in [3.8, 4) is 5.75 Å². The Morgan fingerprint density at radius 3 is 2.60 bits per heavy atom. The number of carboxylic acid groups (broad SMARTS) is 1. The van der Waals surface area contributed by atoms with Gasteiger partial charge in [-0.1, -0.05) is 19.1 Å². The van der Waals surface area contributed by atoms with Crippen molar-refractivity contribution in [2.45, 2.75) is 18.6 Å². The molecule has 1 aromatic carbocycles. The minimum absolute atomic E-state index is 0.212. The van der Waals surface area contributed by atoms with Gasteiger partial charge in [0.25, 0.3) is 0 Å². The fourth-order valence-electron chi connectivity index (χ4n) is 1.64. The zero-order chi connectivity index (χ0) is 15.1. The molecule has 2 N–H and O–H groups in total. The normalized spacial score (nSPS) is 13.3. The number of aliphatic carboxylic acids is 1. The largest absolute Gasteiger partial charge is 0.495 e. The first-order valence-corrected chi connectivity index (χ1v) is 7.40. The lowest BCUT2D eigenvalue weighted by Gasteiger charge is -2.11. The molecule has 2 atom stereocenters. The second kappa shape index (κ2) is 7.64. The lowest BCUT2D eigenvalue weighted by Crippen LogP contribution is -2.31. The molecule has 6 nitrogen and oxygen atoms in total. The van der Waals surface area contributed by atoms with E-state index in [0.717, 1.165) is 0 Å². The number of ether oxygens (including phenoxy) is 1. The van der Waals surface area contributed by atoms with Crippen molar-refractivity contribution in [2.75, 3.05) is 18.2 Å². The Morgan fingerprint density at radius 1 is 1.40 bits per heavy atom. The lowest BCUT2D eigenvalue weighted by molar-refractivity contribution is -0.136. The number of amides is 1. The van der Waals surface area contributed by atoms with Crippen LogP contribution in [0.4, 0.5) is 5.69 Å². The maximum atomic E-state index is 11.8. The van der Waals surface area contributed by atoms with Crippen LogP contribution < -0.4 is 10.1 Å². The Bertz CT molecular complexity index is 517. The van der Waals surface area contributed by atoms with Gasteiger partial charge in [0, 0.05) is 10.8 Å². The van der Waals surface area contributed by atoms with Gasteiger partial charge in [0.2, 0.25) is 5.91 Å². The third-order valence-corrected chi connectivity index (χ3v) is 4.33.